The van der Waals surface area contributed by atoms with E-state index in [1.807, 2.05) is 34.6 Å². The Hall–Kier alpha value is -3.67. The molecule has 0 aliphatic carbocycles. The van der Waals surface area contributed by atoms with Crippen LogP contribution in [0.3, 0.4) is 0 Å². The summed E-state index contributed by atoms with van der Waals surface area (Å²) < 4.78 is 41.4. The number of piperazine rings is 1. The van der Waals surface area contributed by atoms with Crippen molar-refractivity contribution in [1.82, 2.24) is 19.4 Å². The second-order valence-electron chi connectivity index (χ2n) is 10.4. The fraction of sp³-hybridized carbons (Fsp3) is 0.379. The molecule has 5 rings (SSSR count). The molecule has 2 aromatic heterocycles. The highest BCUT2D eigenvalue weighted by molar-refractivity contribution is 9.10. The average Bonchev–Trinajstić information content (AvgIpc) is 3.19. The van der Waals surface area contributed by atoms with E-state index in [4.69, 9.17) is 0 Å². The molecule has 41 heavy (non-hydrogen) atoms. The number of pyridine rings is 1. The molecular weight excluding hydrogens is 603 g/mol. The Kier molecular flexibility index (Phi) is 7.95. The summed E-state index contributed by atoms with van der Waals surface area (Å²) in [5, 5.41) is 0.743. The Morgan fingerprint density at radius 2 is 1.78 bits per heavy atom. The lowest BCUT2D eigenvalue weighted by molar-refractivity contribution is -0.137. The van der Waals surface area contributed by atoms with E-state index in [0.29, 0.717) is 62.8 Å². The number of ketones is 1. The maximum atomic E-state index is 13.8. The van der Waals surface area contributed by atoms with Crippen LogP contribution in [0.25, 0.3) is 10.9 Å². The van der Waals surface area contributed by atoms with Crippen molar-refractivity contribution >= 4 is 50.2 Å². The van der Waals surface area contributed by atoms with E-state index in [-0.39, 0.29) is 30.1 Å². The number of alkyl halides is 3. The predicted octanol–water partition coefficient (Wildman–Crippen LogP) is 4.69. The first-order valence-corrected chi connectivity index (χ1v) is 14.0. The molecule has 2 aliphatic rings. The minimum absolute atomic E-state index is 0.0280. The molecule has 2 aliphatic heterocycles. The second kappa shape index (κ2) is 11.3. The largest absolute Gasteiger partial charge is 0.417 e. The summed E-state index contributed by atoms with van der Waals surface area (Å²) in [5.74, 6) is 0.281. The van der Waals surface area contributed by atoms with E-state index in [0.717, 1.165) is 27.6 Å². The fourth-order valence-electron chi connectivity index (χ4n) is 5.54. The number of hydrogen-bond donors (Lipinski definition) is 0. The lowest BCUT2D eigenvalue weighted by Crippen LogP contribution is -2.50. The number of anilines is 1. The van der Waals surface area contributed by atoms with E-state index >= 15 is 0 Å². The van der Waals surface area contributed by atoms with Gasteiger partial charge in [0.25, 0.3) is 5.91 Å². The molecule has 0 atom stereocenters. The number of fused-ring (bicyclic) bond motifs is 1. The number of likely N-dealkylation sites (tertiary alicyclic amines) is 1. The van der Waals surface area contributed by atoms with Crippen LogP contribution in [0.1, 0.15) is 28.0 Å². The minimum atomic E-state index is -4.45. The van der Waals surface area contributed by atoms with Gasteiger partial charge in [0.1, 0.15) is 5.82 Å². The highest BCUT2D eigenvalue weighted by Crippen LogP contribution is 2.32. The van der Waals surface area contributed by atoms with Gasteiger partial charge in [-0.1, -0.05) is 22.5 Å². The number of rotatable bonds is 7. The van der Waals surface area contributed by atoms with Crippen molar-refractivity contribution in [2.75, 3.05) is 44.2 Å². The van der Waals surface area contributed by atoms with Crippen molar-refractivity contribution in [3.63, 3.8) is 0 Å². The Bertz CT molecular complexity index is 1500. The van der Waals surface area contributed by atoms with Crippen molar-refractivity contribution in [2.24, 2.45) is 5.92 Å². The number of aromatic nitrogens is 2. The van der Waals surface area contributed by atoms with Crippen molar-refractivity contribution in [2.45, 2.75) is 26.1 Å². The number of carbonyl (C=O) groups excluding carboxylic acids is 3. The van der Waals surface area contributed by atoms with Crippen LogP contribution in [-0.4, -0.2) is 76.2 Å². The van der Waals surface area contributed by atoms with Crippen molar-refractivity contribution in [3.8, 4) is 0 Å². The van der Waals surface area contributed by atoms with E-state index in [2.05, 4.69) is 27.5 Å². The zero-order valence-electron chi connectivity index (χ0n) is 22.5. The minimum Gasteiger partial charge on any atom is -0.353 e. The average molecular weight is 632 g/mol. The maximum Gasteiger partial charge on any atom is 0.417 e. The first-order valence-electron chi connectivity index (χ1n) is 13.2. The Morgan fingerprint density at radius 1 is 1.07 bits per heavy atom. The van der Waals surface area contributed by atoms with Crippen LogP contribution in [-0.2, 0) is 22.3 Å². The Morgan fingerprint density at radius 3 is 2.39 bits per heavy atom. The molecule has 3 aromatic rings. The van der Waals surface area contributed by atoms with Crippen LogP contribution in [0, 0.1) is 12.8 Å². The summed E-state index contributed by atoms with van der Waals surface area (Å²) in [6.45, 7) is 8.13. The summed E-state index contributed by atoms with van der Waals surface area (Å²) in [6, 6.07) is 8.00. The molecule has 0 N–H and O–H groups in total. The highest BCUT2D eigenvalue weighted by Gasteiger charge is 2.33. The molecule has 4 heterocycles. The predicted molar refractivity (Wildman–Crippen MR) is 152 cm³/mol. The van der Waals surface area contributed by atoms with Crippen LogP contribution in [0.15, 0.2) is 53.7 Å². The quantitative estimate of drug-likeness (QED) is 0.354. The van der Waals surface area contributed by atoms with Gasteiger partial charge in [-0.15, -0.1) is 0 Å². The van der Waals surface area contributed by atoms with Crippen molar-refractivity contribution in [1.29, 1.82) is 0 Å². The molecule has 0 bridgehead atoms. The molecule has 0 radical (unpaired) electrons. The van der Waals surface area contributed by atoms with Crippen molar-refractivity contribution < 1.29 is 27.6 Å². The lowest BCUT2D eigenvalue weighted by Gasteiger charge is -2.38. The molecule has 8 nitrogen and oxygen atoms in total. The Labute approximate surface area is 243 Å². The molecule has 1 aromatic carbocycles. The summed E-state index contributed by atoms with van der Waals surface area (Å²) >= 11 is 3.50. The standard InChI is InChI=1S/C29H29BrF3N5O3/c1-3-26(40)37-15-19(16-37)12-22(39)17-38-18(2)27(23-13-21(30)5-6-24(23)38)28(41)36-10-8-35(9-11-36)25-7-4-20(14-34-25)29(31,32)33/h3-7,13-14,19H,1,8-12,15-17H2,2H3. The summed E-state index contributed by atoms with van der Waals surface area (Å²) in [6.07, 6.45) is -2.00. The van der Waals surface area contributed by atoms with Gasteiger partial charge in [0, 0.05) is 78.9 Å². The van der Waals surface area contributed by atoms with Crippen LogP contribution in [0.2, 0.25) is 0 Å². The van der Waals surface area contributed by atoms with E-state index in [9.17, 15) is 27.6 Å². The fourth-order valence-corrected chi connectivity index (χ4v) is 5.90. The third kappa shape index (κ3) is 5.88. The van der Waals surface area contributed by atoms with Crippen LogP contribution < -0.4 is 4.90 Å². The van der Waals surface area contributed by atoms with Gasteiger partial charge in [-0.2, -0.15) is 13.2 Å². The summed E-state index contributed by atoms with van der Waals surface area (Å²) in [4.78, 5) is 47.8. The Balaban J connectivity index is 1.29. The van der Waals surface area contributed by atoms with Gasteiger partial charge in [0.05, 0.1) is 17.7 Å². The first-order chi connectivity index (χ1) is 19.5. The molecule has 216 valence electrons. The van der Waals surface area contributed by atoms with E-state index in [1.54, 1.807) is 9.80 Å². The third-order valence-electron chi connectivity index (χ3n) is 7.76. The molecule has 0 unspecified atom stereocenters. The number of Topliss-reactive ketones (excluding diaryl/α,β-unsaturated/α-hetero) is 1. The van der Waals surface area contributed by atoms with Crippen LogP contribution >= 0.6 is 15.9 Å². The molecule has 2 amide bonds. The summed E-state index contributed by atoms with van der Waals surface area (Å²) in [7, 11) is 0. The van der Waals surface area contributed by atoms with Gasteiger partial charge < -0.3 is 19.3 Å². The second-order valence-corrected chi connectivity index (χ2v) is 11.4. The zero-order chi connectivity index (χ0) is 29.5. The highest BCUT2D eigenvalue weighted by atomic mass is 79.9. The first kappa shape index (κ1) is 28.8. The van der Waals surface area contributed by atoms with E-state index < -0.39 is 11.7 Å². The topological polar surface area (TPSA) is 78.8 Å². The van der Waals surface area contributed by atoms with E-state index in [1.165, 1.54) is 12.1 Å². The van der Waals surface area contributed by atoms with Gasteiger partial charge in [-0.3, -0.25) is 14.4 Å². The molecule has 0 spiro atoms. The molecule has 12 heteroatoms. The van der Waals surface area contributed by atoms with Crippen LogP contribution in [0.4, 0.5) is 19.0 Å². The number of hydrogen-bond acceptors (Lipinski definition) is 5. The molecule has 0 saturated carbocycles. The number of benzene rings is 1. The number of halogens is 4. The third-order valence-corrected chi connectivity index (χ3v) is 8.25. The molecule has 2 saturated heterocycles. The van der Waals surface area contributed by atoms with Crippen LogP contribution in [0.5, 0.6) is 0 Å². The molecule has 2 fully saturated rings. The monoisotopic (exact) mass is 631 g/mol. The van der Waals surface area contributed by atoms with Gasteiger partial charge in [0.2, 0.25) is 5.91 Å². The molecular formula is C29H29BrF3N5O3. The van der Waals surface area contributed by atoms with Gasteiger partial charge in [-0.05, 0) is 43.3 Å². The smallest absolute Gasteiger partial charge is 0.353 e. The number of carbonyl (C=O) groups is 3. The lowest BCUT2D eigenvalue weighted by atomic mass is 9.94. The number of amides is 2. The summed E-state index contributed by atoms with van der Waals surface area (Å²) in [5.41, 5.74) is 1.21. The maximum absolute atomic E-state index is 13.8. The van der Waals surface area contributed by atoms with Crippen molar-refractivity contribution in [3.05, 3.63) is 70.5 Å². The number of nitrogens with zero attached hydrogens (tertiary/aromatic N) is 5. The van der Waals surface area contributed by atoms with Gasteiger partial charge in [0.15, 0.2) is 5.78 Å². The van der Waals surface area contributed by atoms with Gasteiger partial charge in [-0.25, -0.2) is 4.98 Å². The normalized spacial score (nSPS) is 16.2. The zero-order valence-corrected chi connectivity index (χ0v) is 24.0. The SMILES string of the molecule is C=CC(=O)N1CC(CC(=O)Cn2c(C)c(C(=O)N3CCN(c4ccc(C(F)(F)F)cn4)CC3)c3cc(Br)ccc32)C1. The van der Waals surface area contributed by atoms with Gasteiger partial charge >= 0.3 is 6.18 Å².